The van der Waals surface area contributed by atoms with Crippen LogP contribution in [0.25, 0.3) is 0 Å². The molecule has 1 aliphatic rings. The summed E-state index contributed by atoms with van der Waals surface area (Å²) in [7, 11) is 3.23. The third-order valence-electron chi connectivity index (χ3n) is 6.10. The summed E-state index contributed by atoms with van der Waals surface area (Å²) in [6.07, 6.45) is 0.697. The Morgan fingerprint density at radius 3 is 2.23 bits per heavy atom. The minimum Gasteiger partial charge on any atom is -0.493 e. The van der Waals surface area contributed by atoms with Gasteiger partial charge in [0.1, 0.15) is 18.1 Å². The summed E-state index contributed by atoms with van der Waals surface area (Å²) in [6, 6.07) is 16.7. The van der Waals surface area contributed by atoms with Crippen LogP contribution in [-0.2, 0) is 11.2 Å². The molecule has 0 fully saturated rings. The lowest BCUT2D eigenvalue weighted by Crippen LogP contribution is -2.44. The number of halogens is 1. The van der Waals surface area contributed by atoms with Gasteiger partial charge in [0.15, 0.2) is 18.1 Å². The van der Waals surface area contributed by atoms with Crippen molar-refractivity contribution in [3.63, 3.8) is 0 Å². The molecule has 0 N–H and O–H groups in total. The molecule has 7 heteroatoms. The standard InChI is InChI=1S/C28H30ClNO5/c1-18-11-19(2)13-23(12-18)34-16-25-24-15-27(33-4)26(32-3)14-20(24)9-10-30(25)28(31)17-35-22-7-5-21(29)6-8-22/h5-8,11-15,25H,9-10,16-17H2,1-4H3. The van der Waals surface area contributed by atoms with Crippen LogP contribution in [0.15, 0.2) is 54.6 Å². The van der Waals surface area contributed by atoms with E-state index in [1.54, 1.807) is 38.5 Å². The van der Waals surface area contributed by atoms with E-state index in [1.165, 1.54) is 0 Å². The molecule has 1 heterocycles. The Hall–Kier alpha value is -3.38. The zero-order valence-corrected chi connectivity index (χ0v) is 21.2. The summed E-state index contributed by atoms with van der Waals surface area (Å²) in [5.74, 6) is 2.55. The SMILES string of the molecule is COc1cc2c(cc1OC)C(COc1cc(C)cc(C)c1)N(C(=O)COc1ccc(Cl)cc1)CC2. The number of amides is 1. The Morgan fingerprint density at radius 2 is 1.57 bits per heavy atom. The molecule has 0 radical (unpaired) electrons. The number of fused-ring (bicyclic) bond motifs is 1. The molecule has 1 unspecified atom stereocenters. The van der Waals surface area contributed by atoms with Crippen LogP contribution in [0, 0.1) is 13.8 Å². The number of ether oxygens (including phenoxy) is 4. The molecular formula is C28H30ClNO5. The first-order chi connectivity index (χ1) is 16.9. The molecule has 3 aromatic carbocycles. The predicted octanol–water partition coefficient (Wildman–Crippen LogP) is 5.56. The highest BCUT2D eigenvalue weighted by Gasteiger charge is 2.33. The molecule has 0 bridgehead atoms. The van der Waals surface area contributed by atoms with E-state index < -0.39 is 0 Å². The van der Waals surface area contributed by atoms with E-state index >= 15 is 0 Å². The van der Waals surface area contributed by atoms with Crippen molar-refractivity contribution >= 4 is 17.5 Å². The average molecular weight is 496 g/mol. The Kier molecular flexibility index (Phi) is 7.71. The van der Waals surface area contributed by atoms with Gasteiger partial charge in [-0.3, -0.25) is 4.79 Å². The van der Waals surface area contributed by atoms with Crippen molar-refractivity contribution < 1.29 is 23.7 Å². The maximum atomic E-state index is 13.3. The number of hydrogen-bond donors (Lipinski definition) is 0. The predicted molar refractivity (Wildman–Crippen MR) is 136 cm³/mol. The van der Waals surface area contributed by atoms with Gasteiger partial charge in [0.2, 0.25) is 0 Å². The second-order valence-electron chi connectivity index (χ2n) is 8.64. The van der Waals surface area contributed by atoms with Gasteiger partial charge in [-0.15, -0.1) is 0 Å². The van der Waals surface area contributed by atoms with Crippen molar-refractivity contribution in [2.24, 2.45) is 0 Å². The lowest BCUT2D eigenvalue weighted by Gasteiger charge is -2.37. The lowest BCUT2D eigenvalue weighted by atomic mass is 9.92. The highest BCUT2D eigenvalue weighted by molar-refractivity contribution is 6.30. The fourth-order valence-corrected chi connectivity index (χ4v) is 4.58. The van der Waals surface area contributed by atoms with Crippen LogP contribution < -0.4 is 18.9 Å². The van der Waals surface area contributed by atoms with E-state index in [2.05, 4.69) is 6.07 Å². The fourth-order valence-electron chi connectivity index (χ4n) is 4.46. The van der Waals surface area contributed by atoms with Crippen molar-refractivity contribution in [2.75, 3.05) is 34.0 Å². The van der Waals surface area contributed by atoms with Crippen LogP contribution in [-0.4, -0.2) is 44.8 Å². The fraction of sp³-hybridized carbons (Fsp3) is 0.321. The molecule has 184 valence electrons. The van der Waals surface area contributed by atoms with E-state index in [-0.39, 0.29) is 18.6 Å². The summed E-state index contributed by atoms with van der Waals surface area (Å²) >= 11 is 5.95. The van der Waals surface area contributed by atoms with E-state index in [1.807, 2.05) is 43.0 Å². The zero-order valence-electron chi connectivity index (χ0n) is 20.5. The van der Waals surface area contributed by atoms with E-state index in [4.69, 9.17) is 30.5 Å². The Labute approximate surface area is 211 Å². The third-order valence-corrected chi connectivity index (χ3v) is 6.35. The first-order valence-electron chi connectivity index (χ1n) is 11.5. The van der Waals surface area contributed by atoms with Gasteiger partial charge in [0.05, 0.1) is 20.3 Å². The molecule has 0 saturated heterocycles. The van der Waals surface area contributed by atoms with Crippen molar-refractivity contribution in [3.05, 3.63) is 81.9 Å². The number of hydrogen-bond acceptors (Lipinski definition) is 5. The molecule has 1 amide bonds. The van der Waals surface area contributed by atoms with E-state index in [0.717, 1.165) is 28.0 Å². The van der Waals surface area contributed by atoms with Crippen molar-refractivity contribution in [1.82, 2.24) is 4.90 Å². The normalized spacial score (nSPS) is 14.8. The van der Waals surface area contributed by atoms with Gasteiger partial charge in [-0.1, -0.05) is 17.7 Å². The molecule has 35 heavy (non-hydrogen) atoms. The van der Waals surface area contributed by atoms with Gasteiger partial charge < -0.3 is 23.8 Å². The zero-order chi connectivity index (χ0) is 24.9. The molecule has 3 aromatic rings. The second kappa shape index (κ2) is 10.9. The third kappa shape index (κ3) is 5.82. The van der Waals surface area contributed by atoms with Gasteiger partial charge in [0, 0.05) is 11.6 Å². The van der Waals surface area contributed by atoms with Gasteiger partial charge in [-0.05, 0) is 91.1 Å². The molecule has 0 aliphatic carbocycles. The largest absolute Gasteiger partial charge is 0.493 e. The molecule has 0 saturated carbocycles. The van der Waals surface area contributed by atoms with Crippen LogP contribution >= 0.6 is 11.6 Å². The minimum absolute atomic E-state index is 0.0791. The van der Waals surface area contributed by atoms with E-state index in [0.29, 0.717) is 41.8 Å². The van der Waals surface area contributed by atoms with Gasteiger partial charge in [-0.25, -0.2) is 0 Å². The summed E-state index contributed by atoms with van der Waals surface area (Å²) in [4.78, 5) is 15.1. The minimum atomic E-state index is -0.305. The monoisotopic (exact) mass is 495 g/mol. The molecule has 4 rings (SSSR count). The van der Waals surface area contributed by atoms with Crippen LogP contribution in [0.5, 0.6) is 23.0 Å². The first kappa shape index (κ1) is 24.7. The van der Waals surface area contributed by atoms with Gasteiger partial charge in [0.25, 0.3) is 5.91 Å². The van der Waals surface area contributed by atoms with Crippen LogP contribution in [0.4, 0.5) is 0 Å². The summed E-state index contributed by atoms with van der Waals surface area (Å²) in [5.41, 5.74) is 4.34. The van der Waals surface area contributed by atoms with Crippen molar-refractivity contribution in [2.45, 2.75) is 26.3 Å². The lowest BCUT2D eigenvalue weighted by molar-refractivity contribution is -0.137. The van der Waals surface area contributed by atoms with E-state index in [9.17, 15) is 4.79 Å². The number of nitrogens with zero attached hydrogens (tertiary/aromatic N) is 1. The maximum Gasteiger partial charge on any atom is 0.261 e. The number of benzene rings is 3. The van der Waals surface area contributed by atoms with Gasteiger partial charge >= 0.3 is 0 Å². The highest BCUT2D eigenvalue weighted by atomic mass is 35.5. The molecule has 6 nitrogen and oxygen atoms in total. The van der Waals surface area contributed by atoms with Crippen molar-refractivity contribution in [3.8, 4) is 23.0 Å². The number of carbonyl (C=O) groups is 1. The molecular weight excluding hydrogens is 466 g/mol. The highest BCUT2D eigenvalue weighted by Crippen LogP contribution is 2.38. The average Bonchev–Trinajstić information content (AvgIpc) is 2.85. The quantitative estimate of drug-likeness (QED) is 0.409. The summed E-state index contributed by atoms with van der Waals surface area (Å²) in [5, 5.41) is 0.615. The first-order valence-corrected chi connectivity index (χ1v) is 11.9. The number of aryl methyl sites for hydroxylation is 2. The van der Waals surface area contributed by atoms with Crippen LogP contribution in [0.3, 0.4) is 0 Å². The maximum absolute atomic E-state index is 13.3. The molecule has 0 aromatic heterocycles. The molecule has 0 spiro atoms. The Morgan fingerprint density at radius 1 is 0.914 bits per heavy atom. The summed E-state index contributed by atoms with van der Waals surface area (Å²) in [6.45, 7) is 4.85. The van der Waals surface area contributed by atoms with Crippen LogP contribution in [0.2, 0.25) is 5.02 Å². The summed E-state index contributed by atoms with van der Waals surface area (Å²) < 4.78 is 23.0. The topological polar surface area (TPSA) is 57.2 Å². The number of methoxy groups -OCH3 is 2. The van der Waals surface area contributed by atoms with Crippen molar-refractivity contribution in [1.29, 1.82) is 0 Å². The van der Waals surface area contributed by atoms with Gasteiger partial charge in [-0.2, -0.15) is 0 Å². The Balaban J connectivity index is 1.60. The van der Waals surface area contributed by atoms with Crippen LogP contribution in [0.1, 0.15) is 28.3 Å². The molecule has 1 aliphatic heterocycles. The second-order valence-corrected chi connectivity index (χ2v) is 9.07. The smallest absolute Gasteiger partial charge is 0.261 e. The molecule has 1 atom stereocenters. The Bertz CT molecular complexity index is 1170. The number of rotatable bonds is 8. The number of carbonyl (C=O) groups excluding carboxylic acids is 1.